The summed E-state index contributed by atoms with van der Waals surface area (Å²) in [6.07, 6.45) is 4.55. The lowest BCUT2D eigenvalue weighted by Crippen LogP contribution is -2.29. The molecule has 0 fully saturated rings. The van der Waals surface area contributed by atoms with Crippen molar-refractivity contribution in [2.45, 2.75) is 59.0 Å². The van der Waals surface area contributed by atoms with Gasteiger partial charge in [-0.2, -0.15) is 4.68 Å². The van der Waals surface area contributed by atoms with Crippen LogP contribution in [0.15, 0.2) is 65.8 Å². The molecular weight excluding hydrogens is 400 g/mol. The molecule has 0 radical (unpaired) electrons. The first-order chi connectivity index (χ1) is 15.3. The average molecular weight is 431 g/mol. The normalized spacial score (nSPS) is 12.8. The fourth-order valence-corrected chi connectivity index (χ4v) is 3.92. The van der Waals surface area contributed by atoms with Crippen molar-refractivity contribution in [2.75, 3.05) is 0 Å². The Kier molecular flexibility index (Phi) is 5.82. The van der Waals surface area contributed by atoms with Gasteiger partial charge >= 0.3 is 5.69 Å². The first-order valence-electron chi connectivity index (χ1n) is 11.0. The van der Waals surface area contributed by atoms with Crippen LogP contribution >= 0.6 is 0 Å². The lowest BCUT2D eigenvalue weighted by atomic mass is 9.92. The van der Waals surface area contributed by atoms with Gasteiger partial charge in [-0.25, -0.2) is 4.79 Å². The molecule has 0 bridgehead atoms. The van der Waals surface area contributed by atoms with E-state index < -0.39 is 0 Å². The molecule has 2 aromatic heterocycles. The number of rotatable bonds is 6. The molecule has 0 aliphatic heterocycles. The number of para-hydroxylation sites is 1. The Morgan fingerprint density at radius 2 is 1.75 bits per heavy atom. The summed E-state index contributed by atoms with van der Waals surface area (Å²) in [7, 11) is 0. The molecule has 32 heavy (non-hydrogen) atoms. The van der Waals surface area contributed by atoms with E-state index in [0.717, 1.165) is 34.5 Å². The van der Waals surface area contributed by atoms with E-state index >= 15 is 0 Å². The van der Waals surface area contributed by atoms with Gasteiger partial charge in [0.05, 0.1) is 12.2 Å². The summed E-state index contributed by atoms with van der Waals surface area (Å²) in [4.78, 5) is 13.2. The van der Waals surface area contributed by atoms with Crippen molar-refractivity contribution < 1.29 is 0 Å². The minimum atomic E-state index is -0.122. The number of tetrazole rings is 1. The summed E-state index contributed by atoms with van der Waals surface area (Å²) in [5.74, 6) is 0. The number of aromatic nitrogens is 6. The van der Waals surface area contributed by atoms with Gasteiger partial charge in [-0.05, 0) is 41.0 Å². The first-order valence-corrected chi connectivity index (χ1v) is 11.0. The Labute approximate surface area is 188 Å². The first kappa shape index (κ1) is 21.7. The molecule has 1 atom stereocenters. The highest BCUT2D eigenvalue weighted by Gasteiger charge is 2.24. The molecule has 0 amide bonds. The van der Waals surface area contributed by atoms with E-state index in [0.29, 0.717) is 6.54 Å². The zero-order chi connectivity index (χ0) is 22.9. The maximum atomic E-state index is 13.2. The van der Waals surface area contributed by atoms with E-state index in [1.165, 1.54) is 0 Å². The summed E-state index contributed by atoms with van der Waals surface area (Å²) in [6, 6.07) is 16.6. The maximum absolute atomic E-state index is 13.2. The molecule has 4 aromatic rings. The van der Waals surface area contributed by atoms with E-state index in [1.807, 2.05) is 33.5 Å². The van der Waals surface area contributed by atoms with Gasteiger partial charge in [0.2, 0.25) is 0 Å². The topological polar surface area (TPSA) is 70.5 Å². The number of nitrogens with zero attached hydrogens (tertiary/aromatic N) is 6. The quantitative estimate of drug-likeness (QED) is 0.448. The lowest BCUT2D eigenvalue weighted by molar-refractivity contribution is 0.502. The van der Waals surface area contributed by atoms with Crippen LogP contribution in [0.1, 0.15) is 58.3 Å². The SMILES string of the molecule is CCC(C)n1cc(C(C)(C)C)n(Cc2ccc(-c3ccccc3-n3cnnn3)cc2)c1=O. The second-order valence-electron chi connectivity index (χ2n) is 9.27. The molecule has 7 nitrogen and oxygen atoms in total. The van der Waals surface area contributed by atoms with Gasteiger partial charge < -0.3 is 0 Å². The molecule has 0 saturated heterocycles. The van der Waals surface area contributed by atoms with Crippen molar-refractivity contribution in [2.24, 2.45) is 0 Å². The van der Waals surface area contributed by atoms with Crippen molar-refractivity contribution in [3.63, 3.8) is 0 Å². The smallest absolute Gasteiger partial charge is 0.296 e. The van der Waals surface area contributed by atoms with E-state index in [9.17, 15) is 4.79 Å². The van der Waals surface area contributed by atoms with Gasteiger partial charge in [-0.1, -0.05) is 70.2 Å². The Morgan fingerprint density at radius 1 is 1.03 bits per heavy atom. The third-order valence-corrected chi connectivity index (χ3v) is 5.94. The van der Waals surface area contributed by atoms with Crippen LogP contribution in [-0.2, 0) is 12.0 Å². The zero-order valence-corrected chi connectivity index (χ0v) is 19.4. The number of imidazole rings is 1. The zero-order valence-electron chi connectivity index (χ0n) is 19.4. The number of benzene rings is 2. The van der Waals surface area contributed by atoms with E-state index in [2.05, 4.69) is 80.5 Å². The summed E-state index contributed by atoms with van der Waals surface area (Å²) in [5.41, 5.74) is 5.10. The predicted octanol–water partition coefficient (Wildman–Crippen LogP) is 4.61. The molecule has 1 unspecified atom stereocenters. The largest absolute Gasteiger partial charge is 0.328 e. The Morgan fingerprint density at radius 3 is 2.38 bits per heavy atom. The van der Waals surface area contributed by atoms with E-state index in [1.54, 1.807) is 11.0 Å². The van der Waals surface area contributed by atoms with Crippen molar-refractivity contribution in [3.8, 4) is 16.8 Å². The van der Waals surface area contributed by atoms with Crippen LogP contribution in [0.4, 0.5) is 0 Å². The second-order valence-corrected chi connectivity index (χ2v) is 9.27. The van der Waals surface area contributed by atoms with Crippen molar-refractivity contribution >= 4 is 0 Å². The molecule has 0 aliphatic carbocycles. The Hall–Kier alpha value is -3.48. The molecule has 2 heterocycles. The number of hydrogen-bond acceptors (Lipinski definition) is 4. The molecule has 2 aromatic carbocycles. The minimum Gasteiger partial charge on any atom is -0.296 e. The molecule has 7 heteroatoms. The highest BCUT2D eigenvalue weighted by atomic mass is 16.1. The van der Waals surface area contributed by atoms with Crippen molar-refractivity contribution in [1.29, 1.82) is 0 Å². The van der Waals surface area contributed by atoms with Crippen LogP contribution in [0.2, 0.25) is 0 Å². The predicted molar refractivity (Wildman–Crippen MR) is 126 cm³/mol. The molecule has 0 N–H and O–H groups in total. The fourth-order valence-electron chi connectivity index (χ4n) is 3.92. The molecule has 0 aliphatic rings. The Bertz CT molecular complexity index is 1240. The van der Waals surface area contributed by atoms with Gasteiger partial charge in [0.15, 0.2) is 0 Å². The Balaban J connectivity index is 1.68. The fraction of sp³-hybridized carbons (Fsp3) is 0.360. The van der Waals surface area contributed by atoms with Crippen LogP contribution < -0.4 is 5.69 Å². The van der Waals surface area contributed by atoms with Crippen LogP contribution in [0.3, 0.4) is 0 Å². The average Bonchev–Trinajstić information content (AvgIpc) is 3.43. The summed E-state index contributed by atoms with van der Waals surface area (Å²) < 4.78 is 5.45. The van der Waals surface area contributed by atoms with E-state index in [-0.39, 0.29) is 17.1 Å². The number of hydrogen-bond donors (Lipinski definition) is 0. The van der Waals surface area contributed by atoms with Crippen molar-refractivity contribution in [1.82, 2.24) is 29.3 Å². The third-order valence-electron chi connectivity index (χ3n) is 5.94. The highest BCUT2D eigenvalue weighted by molar-refractivity contribution is 5.72. The van der Waals surface area contributed by atoms with Crippen LogP contribution in [0.25, 0.3) is 16.8 Å². The monoisotopic (exact) mass is 430 g/mol. The summed E-state index contributed by atoms with van der Waals surface area (Å²) >= 11 is 0. The standard InChI is InChI=1S/C25H30N6O/c1-6-18(2)29-16-23(25(3,4)5)30(24(29)32)15-19-11-13-20(14-12-19)21-9-7-8-10-22(21)31-17-26-27-28-31/h7-14,16-18H,6,15H2,1-5H3. The van der Waals surface area contributed by atoms with Crippen LogP contribution in [0, 0.1) is 0 Å². The molecular formula is C25H30N6O. The lowest BCUT2D eigenvalue weighted by Gasteiger charge is -2.20. The molecule has 0 spiro atoms. The third kappa shape index (κ3) is 4.15. The molecule has 166 valence electrons. The maximum Gasteiger partial charge on any atom is 0.328 e. The van der Waals surface area contributed by atoms with Gasteiger partial charge in [0, 0.05) is 28.9 Å². The van der Waals surface area contributed by atoms with Gasteiger partial charge in [-0.3, -0.25) is 9.13 Å². The summed E-state index contributed by atoms with van der Waals surface area (Å²) in [6.45, 7) is 11.2. The minimum absolute atomic E-state index is 0.0531. The summed E-state index contributed by atoms with van der Waals surface area (Å²) in [5, 5.41) is 11.5. The van der Waals surface area contributed by atoms with E-state index in [4.69, 9.17) is 0 Å². The highest BCUT2D eigenvalue weighted by Crippen LogP contribution is 2.27. The second kappa shape index (κ2) is 8.57. The van der Waals surface area contributed by atoms with Gasteiger partial charge in [0.25, 0.3) is 0 Å². The van der Waals surface area contributed by atoms with Crippen LogP contribution in [0.5, 0.6) is 0 Å². The van der Waals surface area contributed by atoms with Gasteiger partial charge in [0.1, 0.15) is 6.33 Å². The van der Waals surface area contributed by atoms with Crippen molar-refractivity contribution in [3.05, 3.63) is 82.8 Å². The van der Waals surface area contributed by atoms with Crippen LogP contribution in [-0.4, -0.2) is 29.3 Å². The molecule has 0 saturated carbocycles. The van der Waals surface area contributed by atoms with Gasteiger partial charge in [-0.15, -0.1) is 5.10 Å². The molecule has 4 rings (SSSR count).